The minimum atomic E-state index is -0.00124. The number of aromatic nitrogens is 2. The molecule has 0 unspecified atom stereocenters. The van der Waals surface area contributed by atoms with E-state index in [-0.39, 0.29) is 5.56 Å². The molecule has 0 saturated carbocycles. The lowest BCUT2D eigenvalue weighted by Crippen LogP contribution is -2.32. The van der Waals surface area contributed by atoms with Crippen molar-refractivity contribution in [2.24, 2.45) is 0 Å². The van der Waals surface area contributed by atoms with Crippen LogP contribution in [0.25, 0.3) is 33.8 Å². The third-order valence-corrected chi connectivity index (χ3v) is 5.93. The van der Waals surface area contributed by atoms with Gasteiger partial charge in [-0.05, 0) is 59.8 Å². The number of likely N-dealkylation sites (N-methyl/N-ethyl adjacent to an activating group) is 1. The number of halogens is 1. The molecule has 4 aromatic rings. The second-order valence-corrected chi connectivity index (χ2v) is 7.99. The van der Waals surface area contributed by atoms with Gasteiger partial charge in [0.05, 0.1) is 10.9 Å². The highest BCUT2D eigenvalue weighted by Gasteiger charge is 2.12. The monoisotopic (exact) mass is 431 g/mol. The summed E-state index contributed by atoms with van der Waals surface area (Å²) in [4.78, 5) is 20.7. The maximum absolute atomic E-state index is 13.5. The average molecular weight is 432 g/mol. The van der Waals surface area contributed by atoms with Crippen LogP contribution in [0.4, 0.5) is 0 Å². The Morgan fingerprint density at radius 2 is 1.65 bits per heavy atom. The van der Waals surface area contributed by atoms with E-state index in [1.165, 1.54) is 0 Å². The summed E-state index contributed by atoms with van der Waals surface area (Å²) in [5.41, 5.74) is 1.73. The summed E-state index contributed by atoms with van der Waals surface area (Å²) in [6.07, 6.45) is 3.89. The highest BCUT2D eigenvalue weighted by Crippen LogP contribution is 2.20. The smallest absolute Gasteiger partial charge is 0.261 e. The lowest BCUT2D eigenvalue weighted by molar-refractivity contribution is 0.288. The van der Waals surface area contributed by atoms with Crippen molar-refractivity contribution >= 4 is 45.4 Å². The summed E-state index contributed by atoms with van der Waals surface area (Å²) in [6, 6.07) is 19.6. The molecule has 1 heterocycles. The fourth-order valence-electron chi connectivity index (χ4n) is 3.79. The summed E-state index contributed by atoms with van der Waals surface area (Å²) in [5.74, 6) is 0.662. The molecule has 4 rings (SSSR count). The predicted octanol–water partition coefficient (Wildman–Crippen LogP) is 5.72. The lowest BCUT2D eigenvalue weighted by atomic mass is 10.1. The van der Waals surface area contributed by atoms with Crippen molar-refractivity contribution in [3.63, 3.8) is 0 Å². The van der Waals surface area contributed by atoms with E-state index in [0.29, 0.717) is 22.8 Å². The number of hydrogen-bond donors (Lipinski definition) is 0. The van der Waals surface area contributed by atoms with Crippen LogP contribution in [0.1, 0.15) is 25.2 Å². The van der Waals surface area contributed by atoms with Gasteiger partial charge in [-0.3, -0.25) is 9.36 Å². The van der Waals surface area contributed by atoms with Crippen LogP contribution in [-0.2, 0) is 6.54 Å². The molecule has 1 aromatic heterocycles. The van der Waals surface area contributed by atoms with Crippen molar-refractivity contribution in [2.45, 2.75) is 20.4 Å². The number of hydrogen-bond acceptors (Lipinski definition) is 3. The first-order chi connectivity index (χ1) is 15.1. The molecule has 0 atom stereocenters. The van der Waals surface area contributed by atoms with E-state index in [9.17, 15) is 4.79 Å². The van der Waals surface area contributed by atoms with Crippen LogP contribution in [0.2, 0.25) is 5.02 Å². The first-order valence-corrected chi connectivity index (χ1v) is 11.1. The molecule has 0 radical (unpaired) electrons. The quantitative estimate of drug-likeness (QED) is 0.351. The number of rotatable bonds is 7. The van der Waals surface area contributed by atoms with Crippen LogP contribution in [-0.4, -0.2) is 34.1 Å². The molecule has 0 fully saturated rings. The molecule has 0 bridgehead atoms. The van der Waals surface area contributed by atoms with Crippen molar-refractivity contribution < 1.29 is 0 Å². The Balaban J connectivity index is 1.83. The van der Waals surface area contributed by atoms with Crippen LogP contribution in [0.5, 0.6) is 0 Å². The minimum Gasteiger partial charge on any atom is -0.302 e. The first-order valence-electron chi connectivity index (χ1n) is 10.7. The zero-order valence-corrected chi connectivity index (χ0v) is 18.6. The van der Waals surface area contributed by atoms with Crippen molar-refractivity contribution in [1.29, 1.82) is 0 Å². The highest BCUT2D eigenvalue weighted by atomic mass is 35.5. The molecule has 0 spiro atoms. The molecule has 4 nitrogen and oxygen atoms in total. The summed E-state index contributed by atoms with van der Waals surface area (Å²) in [7, 11) is 0. The summed E-state index contributed by atoms with van der Waals surface area (Å²) in [6.45, 7) is 7.57. The Morgan fingerprint density at radius 1 is 0.968 bits per heavy atom. The van der Waals surface area contributed by atoms with Gasteiger partial charge in [0, 0.05) is 18.1 Å². The second-order valence-electron chi connectivity index (χ2n) is 7.56. The van der Waals surface area contributed by atoms with Crippen LogP contribution >= 0.6 is 11.6 Å². The van der Waals surface area contributed by atoms with E-state index in [1.807, 2.05) is 72.8 Å². The van der Waals surface area contributed by atoms with Crippen LogP contribution in [0, 0.1) is 0 Å². The molecular formula is C26H26ClN3O. The number of nitrogens with zero attached hydrogens (tertiary/aromatic N) is 3. The fraction of sp³-hybridized carbons (Fsp3) is 0.231. The fourth-order valence-corrected chi connectivity index (χ4v) is 3.92. The molecule has 5 heteroatoms. The van der Waals surface area contributed by atoms with Crippen LogP contribution in [0.15, 0.2) is 65.5 Å². The van der Waals surface area contributed by atoms with E-state index >= 15 is 0 Å². The normalized spacial score (nSPS) is 11.9. The Kier molecular flexibility index (Phi) is 6.50. The van der Waals surface area contributed by atoms with E-state index < -0.39 is 0 Å². The lowest BCUT2D eigenvalue weighted by Gasteiger charge is -2.19. The van der Waals surface area contributed by atoms with Crippen molar-refractivity contribution in [3.8, 4) is 0 Å². The summed E-state index contributed by atoms with van der Waals surface area (Å²) in [5, 5.41) is 3.48. The van der Waals surface area contributed by atoms with Gasteiger partial charge in [-0.2, -0.15) is 0 Å². The van der Waals surface area contributed by atoms with Gasteiger partial charge in [0.15, 0.2) is 0 Å². The van der Waals surface area contributed by atoms with Crippen molar-refractivity contribution in [2.75, 3.05) is 19.6 Å². The minimum absolute atomic E-state index is 0.00124. The van der Waals surface area contributed by atoms with Gasteiger partial charge < -0.3 is 4.90 Å². The van der Waals surface area contributed by atoms with E-state index in [1.54, 1.807) is 4.57 Å². The largest absolute Gasteiger partial charge is 0.302 e. The average Bonchev–Trinajstić information content (AvgIpc) is 2.79. The Labute approximate surface area is 187 Å². The predicted molar refractivity (Wildman–Crippen MR) is 132 cm³/mol. The third-order valence-electron chi connectivity index (χ3n) is 5.68. The molecular weight excluding hydrogens is 406 g/mol. The number of benzene rings is 3. The van der Waals surface area contributed by atoms with Gasteiger partial charge in [0.1, 0.15) is 5.82 Å². The van der Waals surface area contributed by atoms with Crippen LogP contribution < -0.4 is 5.56 Å². The van der Waals surface area contributed by atoms with E-state index in [2.05, 4.69) is 18.7 Å². The van der Waals surface area contributed by atoms with Gasteiger partial charge in [0.25, 0.3) is 5.56 Å². The van der Waals surface area contributed by atoms with Gasteiger partial charge in [-0.15, -0.1) is 0 Å². The molecule has 31 heavy (non-hydrogen) atoms. The van der Waals surface area contributed by atoms with Crippen molar-refractivity contribution in [3.05, 3.63) is 87.4 Å². The molecule has 0 amide bonds. The maximum atomic E-state index is 13.5. The van der Waals surface area contributed by atoms with Gasteiger partial charge in [0.2, 0.25) is 0 Å². The zero-order chi connectivity index (χ0) is 21.8. The molecule has 0 saturated heterocycles. The molecule has 0 aliphatic rings. The van der Waals surface area contributed by atoms with Gasteiger partial charge in [-0.1, -0.05) is 67.9 Å². The summed E-state index contributed by atoms with van der Waals surface area (Å²) < 4.78 is 1.79. The van der Waals surface area contributed by atoms with Crippen LogP contribution in [0.3, 0.4) is 0 Å². The third kappa shape index (κ3) is 4.71. The Morgan fingerprint density at radius 3 is 2.32 bits per heavy atom. The first kappa shape index (κ1) is 21.3. The van der Waals surface area contributed by atoms with Crippen molar-refractivity contribution in [1.82, 2.24) is 14.5 Å². The molecule has 158 valence electrons. The zero-order valence-electron chi connectivity index (χ0n) is 17.9. The number of fused-ring (bicyclic) bond motifs is 2. The molecule has 0 N–H and O–H groups in total. The second kappa shape index (κ2) is 9.46. The Hall–Kier alpha value is -2.95. The maximum Gasteiger partial charge on any atom is 0.261 e. The standard InChI is InChI=1S/C26H26ClN3O/c1-3-29(4-2)15-16-30-25(14-11-19-9-12-22(27)13-10-19)28-24-18-21-8-6-5-7-20(21)17-23(24)26(30)31/h5-14,17-18H,3-4,15-16H2,1-2H3/b14-11+. The Bertz CT molecular complexity index is 1290. The van der Waals surface area contributed by atoms with Gasteiger partial charge in [-0.25, -0.2) is 4.98 Å². The molecule has 0 aliphatic carbocycles. The molecule has 0 aliphatic heterocycles. The van der Waals surface area contributed by atoms with E-state index in [0.717, 1.165) is 41.5 Å². The topological polar surface area (TPSA) is 38.1 Å². The van der Waals surface area contributed by atoms with Gasteiger partial charge >= 0.3 is 0 Å². The highest BCUT2D eigenvalue weighted by molar-refractivity contribution is 6.30. The SMILES string of the molecule is CCN(CC)CCn1c(/C=C/c2ccc(Cl)cc2)nc2cc3ccccc3cc2c1=O. The summed E-state index contributed by atoms with van der Waals surface area (Å²) >= 11 is 6.00. The molecule has 3 aromatic carbocycles. The van der Waals surface area contributed by atoms with E-state index in [4.69, 9.17) is 16.6 Å².